The summed E-state index contributed by atoms with van der Waals surface area (Å²) in [5, 5.41) is 13.2. The molecule has 29 heavy (non-hydrogen) atoms. The molecule has 154 valence electrons. The van der Waals surface area contributed by atoms with Crippen molar-refractivity contribution >= 4 is 38.9 Å². The van der Waals surface area contributed by atoms with Crippen LogP contribution < -0.4 is 10.2 Å². The summed E-state index contributed by atoms with van der Waals surface area (Å²) >= 11 is 5.77. The summed E-state index contributed by atoms with van der Waals surface area (Å²) < 4.78 is 36.5. The highest BCUT2D eigenvalue weighted by Crippen LogP contribution is 2.29. The number of carbonyl (C=O) groups is 2. The molecule has 1 saturated heterocycles. The van der Waals surface area contributed by atoms with Crippen molar-refractivity contribution in [1.82, 2.24) is 5.32 Å². The molecule has 1 atom stereocenters. The number of hydrogen-bond donors (Lipinski definition) is 2. The van der Waals surface area contributed by atoms with Crippen LogP contribution in [-0.4, -0.2) is 43.7 Å². The van der Waals surface area contributed by atoms with Crippen molar-refractivity contribution < 1.29 is 27.5 Å². The molecule has 1 heterocycles. The first kappa shape index (κ1) is 21.2. The fraction of sp³-hybridized carbons (Fsp3) is 0.263. The lowest BCUT2D eigenvalue weighted by Gasteiger charge is -2.22. The van der Waals surface area contributed by atoms with E-state index in [1.165, 1.54) is 41.3 Å². The van der Waals surface area contributed by atoms with Crippen LogP contribution in [0, 0.1) is 5.82 Å². The van der Waals surface area contributed by atoms with Gasteiger partial charge >= 0.3 is 0 Å². The van der Waals surface area contributed by atoms with Crippen molar-refractivity contribution in [1.29, 1.82) is 0 Å². The molecule has 7 nitrogen and oxygen atoms in total. The Bertz CT molecular complexity index is 1050. The highest BCUT2D eigenvalue weighted by Gasteiger charge is 2.51. The minimum absolute atomic E-state index is 0.0762. The topological polar surface area (TPSA) is 104 Å². The Kier molecular flexibility index (Phi) is 5.66. The zero-order chi connectivity index (χ0) is 21.4. The van der Waals surface area contributed by atoms with Gasteiger partial charge in [-0.3, -0.25) is 9.59 Å². The Morgan fingerprint density at radius 3 is 2.52 bits per heavy atom. The van der Waals surface area contributed by atoms with E-state index in [4.69, 9.17) is 11.6 Å². The van der Waals surface area contributed by atoms with E-state index in [9.17, 15) is 27.5 Å². The summed E-state index contributed by atoms with van der Waals surface area (Å²) in [6, 6.07) is 9.34. The number of aliphatic hydroxyl groups is 1. The molecule has 10 heteroatoms. The van der Waals surface area contributed by atoms with Crippen molar-refractivity contribution in [2.75, 3.05) is 17.7 Å². The van der Waals surface area contributed by atoms with E-state index in [2.05, 4.69) is 5.32 Å². The first-order valence-corrected chi connectivity index (χ1v) is 10.9. The number of amides is 2. The summed E-state index contributed by atoms with van der Waals surface area (Å²) in [5.74, 6) is -2.29. The van der Waals surface area contributed by atoms with Crippen LogP contribution in [0.4, 0.5) is 10.1 Å². The van der Waals surface area contributed by atoms with E-state index in [1.54, 1.807) is 0 Å². The van der Waals surface area contributed by atoms with Crippen LogP contribution >= 0.6 is 11.6 Å². The van der Waals surface area contributed by atoms with Gasteiger partial charge in [-0.05, 0) is 48.0 Å². The lowest BCUT2D eigenvalue weighted by atomic mass is 10.0. The molecule has 1 aliphatic rings. The average Bonchev–Trinajstić information content (AvgIpc) is 2.94. The second-order valence-electron chi connectivity index (χ2n) is 6.79. The Hall–Kier alpha value is -2.49. The highest BCUT2D eigenvalue weighted by molar-refractivity contribution is 7.90. The van der Waals surface area contributed by atoms with E-state index < -0.39 is 33.1 Å². The SMILES string of the molecule is CS(=O)(=O)c1ccc(N2CC[C@](O)(C(=O)NCc3cc(F)cc(Cl)c3)C2=O)cc1. The summed E-state index contributed by atoms with van der Waals surface area (Å²) in [4.78, 5) is 26.5. The van der Waals surface area contributed by atoms with Gasteiger partial charge in [0.15, 0.2) is 9.84 Å². The van der Waals surface area contributed by atoms with Crippen molar-refractivity contribution in [2.24, 2.45) is 0 Å². The molecule has 2 aromatic carbocycles. The predicted octanol–water partition coefficient (Wildman–Crippen LogP) is 1.67. The van der Waals surface area contributed by atoms with Gasteiger partial charge in [-0.25, -0.2) is 12.8 Å². The molecule has 2 N–H and O–H groups in total. The molecule has 3 rings (SSSR count). The molecule has 2 aromatic rings. The maximum Gasteiger partial charge on any atom is 0.268 e. The minimum Gasteiger partial charge on any atom is -0.372 e. The third-order valence-electron chi connectivity index (χ3n) is 4.62. The largest absolute Gasteiger partial charge is 0.372 e. The lowest BCUT2D eigenvalue weighted by molar-refractivity contribution is -0.149. The average molecular weight is 441 g/mol. The number of anilines is 1. The maximum atomic E-state index is 13.4. The van der Waals surface area contributed by atoms with E-state index in [-0.39, 0.29) is 29.4 Å². The Morgan fingerprint density at radius 1 is 1.28 bits per heavy atom. The van der Waals surface area contributed by atoms with E-state index >= 15 is 0 Å². The van der Waals surface area contributed by atoms with Gasteiger partial charge in [0.05, 0.1) is 4.90 Å². The Morgan fingerprint density at radius 2 is 1.93 bits per heavy atom. The van der Waals surface area contributed by atoms with Gasteiger partial charge in [-0.1, -0.05) is 11.6 Å². The third-order valence-corrected chi connectivity index (χ3v) is 5.97. The molecule has 0 radical (unpaired) electrons. The van der Waals surface area contributed by atoms with Crippen LogP contribution in [0.5, 0.6) is 0 Å². The summed E-state index contributed by atoms with van der Waals surface area (Å²) in [6.07, 6.45) is 0.924. The number of carbonyl (C=O) groups excluding carboxylic acids is 2. The van der Waals surface area contributed by atoms with Gasteiger partial charge in [-0.2, -0.15) is 0 Å². The van der Waals surface area contributed by atoms with Gasteiger partial charge in [0.2, 0.25) is 5.60 Å². The van der Waals surface area contributed by atoms with Gasteiger partial charge in [0, 0.05) is 36.5 Å². The van der Waals surface area contributed by atoms with E-state index in [0.717, 1.165) is 12.3 Å². The molecule has 0 spiro atoms. The molecule has 0 bridgehead atoms. The fourth-order valence-electron chi connectivity index (χ4n) is 3.08. The second kappa shape index (κ2) is 7.74. The van der Waals surface area contributed by atoms with Gasteiger partial charge in [0.25, 0.3) is 11.8 Å². The quantitative estimate of drug-likeness (QED) is 0.688. The Balaban J connectivity index is 1.72. The highest BCUT2D eigenvalue weighted by atomic mass is 35.5. The number of sulfone groups is 1. The van der Waals surface area contributed by atoms with E-state index in [1.807, 2.05) is 0 Å². The number of rotatable bonds is 5. The molecule has 0 unspecified atom stereocenters. The maximum absolute atomic E-state index is 13.4. The number of hydrogen-bond acceptors (Lipinski definition) is 5. The van der Waals surface area contributed by atoms with Crippen molar-refractivity contribution in [2.45, 2.75) is 23.5 Å². The molecule has 2 amide bonds. The first-order valence-electron chi connectivity index (χ1n) is 8.58. The second-order valence-corrected chi connectivity index (χ2v) is 9.25. The predicted molar refractivity (Wildman–Crippen MR) is 105 cm³/mol. The van der Waals surface area contributed by atoms with Gasteiger partial charge in [0.1, 0.15) is 5.82 Å². The summed E-state index contributed by atoms with van der Waals surface area (Å²) in [5.41, 5.74) is -1.53. The third kappa shape index (κ3) is 4.42. The van der Waals surface area contributed by atoms with Crippen molar-refractivity contribution in [3.63, 3.8) is 0 Å². The number of nitrogens with zero attached hydrogens (tertiary/aromatic N) is 1. The van der Waals surface area contributed by atoms with Gasteiger partial charge in [-0.15, -0.1) is 0 Å². The molecule has 0 aromatic heterocycles. The van der Waals surface area contributed by atoms with Crippen LogP contribution in [-0.2, 0) is 26.0 Å². The minimum atomic E-state index is -3.39. The smallest absolute Gasteiger partial charge is 0.268 e. The van der Waals surface area contributed by atoms with Gasteiger partial charge < -0.3 is 15.3 Å². The number of nitrogens with one attached hydrogen (secondary N) is 1. The molecule has 1 aliphatic heterocycles. The van der Waals surface area contributed by atoms with E-state index in [0.29, 0.717) is 11.3 Å². The number of halogens is 2. The lowest BCUT2D eigenvalue weighted by Crippen LogP contribution is -2.52. The molecular formula is C19H18ClFN2O5S. The molecule has 0 aliphatic carbocycles. The number of benzene rings is 2. The van der Waals surface area contributed by atoms with Crippen LogP contribution in [0.3, 0.4) is 0 Å². The summed E-state index contributed by atoms with van der Waals surface area (Å²) in [7, 11) is -3.39. The van der Waals surface area contributed by atoms with Crippen LogP contribution in [0.2, 0.25) is 5.02 Å². The molecule has 1 fully saturated rings. The van der Waals surface area contributed by atoms with Crippen LogP contribution in [0.1, 0.15) is 12.0 Å². The van der Waals surface area contributed by atoms with Crippen LogP contribution in [0.25, 0.3) is 0 Å². The standard InChI is InChI=1S/C19H18ClFN2O5S/c1-29(27,28)16-4-2-15(3-5-16)23-7-6-19(26,18(23)25)17(24)22-11-12-8-13(20)10-14(21)9-12/h2-5,8-10,26H,6-7,11H2,1H3,(H,22,24)/t19-/m0/s1. The van der Waals surface area contributed by atoms with Crippen molar-refractivity contribution in [3.8, 4) is 0 Å². The molecule has 0 saturated carbocycles. The first-order chi connectivity index (χ1) is 13.5. The zero-order valence-electron chi connectivity index (χ0n) is 15.4. The fourth-order valence-corrected chi connectivity index (χ4v) is 3.95. The summed E-state index contributed by atoms with van der Waals surface area (Å²) in [6.45, 7) is -0.0400. The Labute approximate surface area is 172 Å². The van der Waals surface area contributed by atoms with Crippen LogP contribution in [0.15, 0.2) is 47.4 Å². The monoisotopic (exact) mass is 440 g/mol. The molecular weight excluding hydrogens is 423 g/mol. The zero-order valence-corrected chi connectivity index (χ0v) is 16.9. The normalized spacial score (nSPS) is 19.4. The van der Waals surface area contributed by atoms with Crippen molar-refractivity contribution in [3.05, 3.63) is 58.9 Å².